The number of hydrogen-bond donors (Lipinski definition) is 2. The summed E-state index contributed by atoms with van der Waals surface area (Å²) >= 11 is 0. The summed E-state index contributed by atoms with van der Waals surface area (Å²) in [7, 11) is 1.36. The highest BCUT2D eigenvalue weighted by Crippen LogP contribution is 2.43. The van der Waals surface area contributed by atoms with Gasteiger partial charge in [0.05, 0.1) is 33.9 Å². The van der Waals surface area contributed by atoms with Crippen LogP contribution < -0.4 is 0 Å². The summed E-state index contributed by atoms with van der Waals surface area (Å²) in [5.41, 5.74) is 0. The van der Waals surface area contributed by atoms with Crippen LogP contribution >= 0.6 is 7.82 Å². The molecule has 0 aromatic heterocycles. The zero-order chi connectivity index (χ0) is 45.1. The van der Waals surface area contributed by atoms with Crippen molar-refractivity contribution in [3.8, 4) is 0 Å². The van der Waals surface area contributed by atoms with E-state index in [1.807, 2.05) is 51.5 Å². The van der Waals surface area contributed by atoms with Crippen molar-refractivity contribution in [1.82, 2.24) is 0 Å². The SMILES string of the molecule is CC/C=C\C/C=C\C/C=C\C/C=C\C/C=C\C/C=C\CCC(=O)OC[C@H](COP(=O)(O)OCC[N+](C)(C)C)OC(=O)CCC/C=C\C/C=C\C/C=C\C/C=C\CC(O)CCC. The van der Waals surface area contributed by atoms with Gasteiger partial charge in [0.15, 0.2) is 6.10 Å². The van der Waals surface area contributed by atoms with Crippen LogP contribution in [0.2, 0.25) is 0 Å². The second kappa shape index (κ2) is 40.4. The summed E-state index contributed by atoms with van der Waals surface area (Å²) in [6.07, 6.45) is 53.3. The van der Waals surface area contributed by atoms with Crippen molar-refractivity contribution < 1.29 is 47.2 Å². The third-order valence-electron chi connectivity index (χ3n) is 8.55. The molecule has 0 bridgehead atoms. The predicted molar refractivity (Wildman–Crippen MR) is 253 cm³/mol. The maximum absolute atomic E-state index is 12.7. The van der Waals surface area contributed by atoms with E-state index in [9.17, 15) is 24.2 Å². The van der Waals surface area contributed by atoms with Crippen molar-refractivity contribution in [2.24, 2.45) is 0 Å². The molecule has 3 atom stereocenters. The van der Waals surface area contributed by atoms with Gasteiger partial charge in [-0.2, -0.15) is 0 Å². The molecule has 0 heterocycles. The van der Waals surface area contributed by atoms with Gasteiger partial charge in [0.25, 0.3) is 0 Å². The first-order chi connectivity index (χ1) is 29.4. The van der Waals surface area contributed by atoms with Crippen molar-refractivity contribution in [1.29, 1.82) is 0 Å². The Labute approximate surface area is 370 Å². The van der Waals surface area contributed by atoms with Gasteiger partial charge in [0, 0.05) is 12.8 Å². The number of phosphoric acid groups is 1. The molecule has 0 fully saturated rings. The molecule has 344 valence electrons. The van der Waals surface area contributed by atoms with E-state index in [-0.39, 0.29) is 32.2 Å². The monoisotopic (exact) mass is 871 g/mol. The third kappa shape index (κ3) is 44.2. The Morgan fingerprint density at radius 3 is 1.52 bits per heavy atom. The number of unbranched alkanes of at least 4 members (excludes halogenated alkanes) is 1. The summed E-state index contributed by atoms with van der Waals surface area (Å²) in [5.74, 6) is -0.998. The molecule has 10 nitrogen and oxygen atoms in total. The lowest BCUT2D eigenvalue weighted by atomic mass is 10.1. The van der Waals surface area contributed by atoms with E-state index in [0.29, 0.717) is 36.7 Å². The Morgan fingerprint density at radius 1 is 0.590 bits per heavy atom. The van der Waals surface area contributed by atoms with Crippen LogP contribution in [0, 0.1) is 0 Å². The summed E-state index contributed by atoms with van der Waals surface area (Å²) < 4.78 is 34.1. The number of quaternary nitrogens is 1. The Bertz CT molecular complexity index is 1460. The smallest absolute Gasteiger partial charge is 0.462 e. The number of esters is 2. The molecule has 11 heteroatoms. The third-order valence-corrected chi connectivity index (χ3v) is 9.53. The molecular formula is C50H81NO9P+. The number of allylic oxidation sites excluding steroid dienone is 19. The number of rotatable bonds is 38. The fourth-order valence-corrected chi connectivity index (χ4v) is 5.85. The highest BCUT2D eigenvalue weighted by atomic mass is 31.2. The molecule has 2 unspecified atom stereocenters. The predicted octanol–water partition coefficient (Wildman–Crippen LogP) is 11.9. The Kier molecular flexibility index (Phi) is 38.0. The van der Waals surface area contributed by atoms with E-state index in [2.05, 4.69) is 105 Å². The van der Waals surface area contributed by atoms with Gasteiger partial charge in [-0.1, -0.05) is 142 Å². The topological polar surface area (TPSA) is 129 Å². The average molecular weight is 871 g/mol. The zero-order valence-corrected chi connectivity index (χ0v) is 39.1. The van der Waals surface area contributed by atoms with Crippen LogP contribution in [-0.2, 0) is 32.7 Å². The molecule has 0 saturated carbocycles. The lowest BCUT2D eigenvalue weighted by Gasteiger charge is -2.24. The number of hydrogen-bond acceptors (Lipinski definition) is 8. The highest BCUT2D eigenvalue weighted by Gasteiger charge is 2.27. The Hall–Kier alpha value is -3.63. The van der Waals surface area contributed by atoms with Crippen LogP contribution in [0.4, 0.5) is 0 Å². The maximum Gasteiger partial charge on any atom is 0.472 e. The van der Waals surface area contributed by atoms with Crippen LogP contribution in [0.25, 0.3) is 0 Å². The van der Waals surface area contributed by atoms with Crippen LogP contribution in [0.15, 0.2) is 122 Å². The number of aliphatic hydroxyl groups excluding tert-OH is 1. The fourth-order valence-electron chi connectivity index (χ4n) is 5.10. The largest absolute Gasteiger partial charge is 0.472 e. The summed E-state index contributed by atoms with van der Waals surface area (Å²) in [6, 6.07) is 0. The number of aliphatic hydroxyl groups is 1. The number of carbonyl (C=O) groups is 2. The van der Waals surface area contributed by atoms with Crippen LogP contribution in [0.3, 0.4) is 0 Å². The van der Waals surface area contributed by atoms with E-state index >= 15 is 0 Å². The second-order valence-corrected chi connectivity index (χ2v) is 17.0. The van der Waals surface area contributed by atoms with Gasteiger partial charge >= 0.3 is 19.8 Å². The van der Waals surface area contributed by atoms with Crippen LogP contribution in [0.1, 0.15) is 123 Å². The number of likely N-dealkylation sites (N-methyl/N-ethyl adjacent to an activating group) is 1. The first-order valence-corrected chi connectivity index (χ1v) is 23.8. The van der Waals surface area contributed by atoms with E-state index in [4.69, 9.17) is 18.5 Å². The molecule has 0 aliphatic heterocycles. The molecule has 0 amide bonds. The molecule has 61 heavy (non-hydrogen) atoms. The maximum atomic E-state index is 12.7. The van der Waals surface area contributed by atoms with E-state index < -0.39 is 32.5 Å². The number of ether oxygens (including phenoxy) is 2. The van der Waals surface area contributed by atoms with Crippen molar-refractivity contribution >= 4 is 19.8 Å². The Balaban J connectivity index is 4.61. The zero-order valence-electron chi connectivity index (χ0n) is 38.2. The van der Waals surface area contributed by atoms with E-state index in [1.54, 1.807) is 0 Å². The quantitative estimate of drug-likeness (QED) is 0.0205. The molecule has 0 rings (SSSR count). The van der Waals surface area contributed by atoms with Gasteiger partial charge in [0.2, 0.25) is 0 Å². The van der Waals surface area contributed by atoms with Crippen molar-refractivity contribution in [3.05, 3.63) is 122 Å². The van der Waals surface area contributed by atoms with Crippen LogP contribution in [0.5, 0.6) is 0 Å². The van der Waals surface area contributed by atoms with E-state index in [0.717, 1.165) is 70.6 Å². The lowest BCUT2D eigenvalue weighted by molar-refractivity contribution is -0.870. The average Bonchev–Trinajstić information content (AvgIpc) is 3.20. The Morgan fingerprint density at radius 2 is 1.05 bits per heavy atom. The summed E-state index contributed by atoms with van der Waals surface area (Å²) in [6.45, 7) is 3.91. The van der Waals surface area contributed by atoms with Gasteiger partial charge < -0.3 is 24.0 Å². The molecule has 0 aliphatic rings. The first-order valence-electron chi connectivity index (χ1n) is 22.3. The van der Waals surface area contributed by atoms with Crippen molar-refractivity contribution in [3.63, 3.8) is 0 Å². The van der Waals surface area contributed by atoms with Gasteiger partial charge in [-0.05, 0) is 89.9 Å². The van der Waals surface area contributed by atoms with Gasteiger partial charge in [0.1, 0.15) is 19.8 Å². The van der Waals surface area contributed by atoms with Crippen LogP contribution in [-0.4, -0.2) is 86.1 Å². The normalized spacial score (nSPS) is 15.2. The van der Waals surface area contributed by atoms with Crippen molar-refractivity contribution in [2.75, 3.05) is 47.5 Å². The molecule has 0 spiro atoms. The molecule has 2 N–H and O–H groups in total. The minimum Gasteiger partial charge on any atom is -0.462 e. The summed E-state index contributed by atoms with van der Waals surface area (Å²) in [4.78, 5) is 35.3. The van der Waals surface area contributed by atoms with Gasteiger partial charge in [-0.15, -0.1) is 0 Å². The number of carbonyl (C=O) groups excluding carboxylic acids is 2. The molecule has 0 saturated heterocycles. The van der Waals surface area contributed by atoms with Gasteiger partial charge in [-0.25, -0.2) is 4.57 Å². The molecule has 0 aromatic carbocycles. The van der Waals surface area contributed by atoms with E-state index in [1.165, 1.54) is 0 Å². The second-order valence-electron chi connectivity index (χ2n) is 15.5. The summed E-state index contributed by atoms with van der Waals surface area (Å²) in [5, 5.41) is 9.74. The first kappa shape index (κ1) is 57.4. The van der Waals surface area contributed by atoms with Crippen molar-refractivity contribution in [2.45, 2.75) is 135 Å². The molecule has 0 aliphatic carbocycles. The number of phosphoric ester groups is 1. The lowest BCUT2D eigenvalue weighted by Crippen LogP contribution is -2.37. The fraction of sp³-hybridized carbons (Fsp3) is 0.560. The minimum atomic E-state index is -4.43. The standard InChI is InChI=1S/C50H80NO9P/c1-6-8-9-10-11-12-13-14-15-16-17-18-19-22-25-28-31-34-37-41-49(53)57-45-48(46-59-61(55,56)58-44-43-51(3,4)5)60-50(54)42-38-35-32-29-26-23-20-21-24-27-30-33-36-40-47(52)39-7-2/h8-9,11-12,14-15,17-18,20,22-25,27,29,31-34,36,47-48,52H,6-7,10,13,16,19,21,26,28,30,35,37-46H2,1-5H3/p+1/b9-8-,12-11-,15-14-,18-17-,23-20-,25-22-,27-24-,32-29-,34-31-,36-33-/t47?,48-/m1/s1. The molecule has 0 radical (unpaired) electrons. The molecular weight excluding hydrogens is 790 g/mol. The minimum absolute atomic E-state index is 0.00414. The highest BCUT2D eigenvalue weighted by molar-refractivity contribution is 7.47. The molecule has 0 aromatic rings. The number of nitrogens with zero attached hydrogens (tertiary/aromatic N) is 1. The van der Waals surface area contributed by atoms with Gasteiger partial charge in [-0.3, -0.25) is 18.6 Å².